The molecule has 0 radical (unpaired) electrons. The summed E-state index contributed by atoms with van der Waals surface area (Å²) in [5.74, 6) is 0. The van der Waals surface area contributed by atoms with Gasteiger partial charge in [0.25, 0.3) is 0 Å². The number of methoxy groups -OCH3 is 1. The fourth-order valence-electron chi connectivity index (χ4n) is 1.39. The largest absolute Gasteiger partial charge is 0.380 e. The molecule has 72 valence electrons. The standard InChI is InChI=1S/C11H10BrNO/c1-14-7-8-4-9-5-10(12)2-3-11(9)13-6-8/h2-6H,7H2,1H3. The molecular formula is C11H10BrNO. The number of ether oxygens (including phenoxy) is 1. The molecule has 2 aromatic rings. The predicted octanol–water partition coefficient (Wildman–Crippen LogP) is 3.14. The van der Waals surface area contributed by atoms with Gasteiger partial charge in [0.15, 0.2) is 0 Å². The van der Waals surface area contributed by atoms with Crippen molar-refractivity contribution >= 4 is 26.8 Å². The van der Waals surface area contributed by atoms with E-state index in [-0.39, 0.29) is 0 Å². The summed E-state index contributed by atoms with van der Waals surface area (Å²) >= 11 is 3.44. The number of fused-ring (bicyclic) bond motifs is 1. The first-order chi connectivity index (χ1) is 6.79. The Hall–Kier alpha value is -0.930. The van der Waals surface area contributed by atoms with Crippen LogP contribution in [0.15, 0.2) is 34.9 Å². The van der Waals surface area contributed by atoms with Gasteiger partial charge in [-0.25, -0.2) is 0 Å². The molecular weight excluding hydrogens is 242 g/mol. The van der Waals surface area contributed by atoms with Crippen LogP contribution in [0, 0.1) is 0 Å². The normalized spacial score (nSPS) is 10.7. The first-order valence-corrected chi connectivity index (χ1v) is 5.12. The summed E-state index contributed by atoms with van der Waals surface area (Å²) in [5.41, 5.74) is 2.10. The van der Waals surface area contributed by atoms with Crippen LogP contribution in [-0.2, 0) is 11.3 Å². The van der Waals surface area contributed by atoms with Crippen molar-refractivity contribution in [1.82, 2.24) is 4.98 Å². The maximum Gasteiger partial charge on any atom is 0.0728 e. The summed E-state index contributed by atoms with van der Waals surface area (Å²) in [6.07, 6.45) is 1.85. The quantitative estimate of drug-likeness (QED) is 0.819. The van der Waals surface area contributed by atoms with Crippen LogP contribution in [0.25, 0.3) is 10.9 Å². The van der Waals surface area contributed by atoms with Gasteiger partial charge in [-0.1, -0.05) is 15.9 Å². The van der Waals surface area contributed by atoms with E-state index >= 15 is 0 Å². The number of halogens is 1. The highest BCUT2D eigenvalue weighted by atomic mass is 79.9. The van der Waals surface area contributed by atoms with Crippen LogP contribution in [0.2, 0.25) is 0 Å². The van der Waals surface area contributed by atoms with Gasteiger partial charge in [-0.05, 0) is 29.8 Å². The molecule has 0 aliphatic rings. The molecule has 0 amide bonds. The minimum atomic E-state index is 0.607. The fraction of sp³-hybridized carbons (Fsp3) is 0.182. The Bertz CT molecular complexity index is 456. The van der Waals surface area contributed by atoms with Crippen molar-refractivity contribution in [2.75, 3.05) is 7.11 Å². The smallest absolute Gasteiger partial charge is 0.0728 e. The highest BCUT2D eigenvalue weighted by Gasteiger charge is 1.98. The Morgan fingerprint density at radius 2 is 2.21 bits per heavy atom. The zero-order valence-electron chi connectivity index (χ0n) is 7.83. The zero-order chi connectivity index (χ0) is 9.97. The van der Waals surface area contributed by atoms with Gasteiger partial charge in [0.1, 0.15) is 0 Å². The second-order valence-electron chi connectivity index (χ2n) is 3.11. The van der Waals surface area contributed by atoms with Crippen LogP contribution in [0.3, 0.4) is 0 Å². The lowest BCUT2D eigenvalue weighted by Gasteiger charge is -2.02. The van der Waals surface area contributed by atoms with E-state index in [1.54, 1.807) is 7.11 Å². The molecule has 0 aliphatic carbocycles. The van der Waals surface area contributed by atoms with Gasteiger partial charge >= 0.3 is 0 Å². The number of nitrogens with zero attached hydrogens (tertiary/aromatic N) is 1. The lowest BCUT2D eigenvalue weighted by atomic mass is 10.2. The van der Waals surface area contributed by atoms with Crippen LogP contribution in [0.5, 0.6) is 0 Å². The second-order valence-corrected chi connectivity index (χ2v) is 4.03. The molecule has 1 aromatic carbocycles. The monoisotopic (exact) mass is 251 g/mol. The molecule has 0 saturated carbocycles. The molecule has 0 saturated heterocycles. The van der Waals surface area contributed by atoms with Crippen molar-refractivity contribution in [3.8, 4) is 0 Å². The van der Waals surface area contributed by atoms with E-state index in [0.717, 1.165) is 20.9 Å². The van der Waals surface area contributed by atoms with E-state index in [1.165, 1.54) is 0 Å². The van der Waals surface area contributed by atoms with Gasteiger partial charge in [0, 0.05) is 23.2 Å². The van der Waals surface area contributed by atoms with Crippen molar-refractivity contribution in [3.63, 3.8) is 0 Å². The van der Waals surface area contributed by atoms with E-state index in [0.29, 0.717) is 6.61 Å². The molecule has 0 fully saturated rings. The Labute approximate surface area is 91.0 Å². The molecule has 0 bridgehead atoms. The fourth-order valence-corrected chi connectivity index (χ4v) is 1.77. The Morgan fingerprint density at radius 3 is 3.00 bits per heavy atom. The summed E-state index contributed by atoms with van der Waals surface area (Å²) in [7, 11) is 1.69. The highest BCUT2D eigenvalue weighted by molar-refractivity contribution is 9.10. The summed E-state index contributed by atoms with van der Waals surface area (Å²) < 4.78 is 6.13. The van der Waals surface area contributed by atoms with E-state index in [1.807, 2.05) is 18.3 Å². The Kier molecular flexibility index (Phi) is 2.79. The third-order valence-electron chi connectivity index (χ3n) is 2.01. The minimum Gasteiger partial charge on any atom is -0.380 e. The molecule has 0 unspecified atom stereocenters. The van der Waals surface area contributed by atoms with Gasteiger partial charge in [-0.2, -0.15) is 0 Å². The zero-order valence-corrected chi connectivity index (χ0v) is 9.41. The number of rotatable bonds is 2. The van der Waals surface area contributed by atoms with Crippen molar-refractivity contribution in [2.45, 2.75) is 6.61 Å². The molecule has 2 nitrogen and oxygen atoms in total. The van der Waals surface area contributed by atoms with E-state index in [2.05, 4.69) is 33.0 Å². The number of benzene rings is 1. The number of hydrogen-bond donors (Lipinski definition) is 0. The van der Waals surface area contributed by atoms with Gasteiger partial charge in [0.2, 0.25) is 0 Å². The van der Waals surface area contributed by atoms with Gasteiger partial charge < -0.3 is 4.74 Å². The maximum absolute atomic E-state index is 5.06. The summed E-state index contributed by atoms with van der Waals surface area (Å²) in [4.78, 5) is 4.34. The molecule has 0 spiro atoms. The van der Waals surface area contributed by atoms with Crippen molar-refractivity contribution in [1.29, 1.82) is 0 Å². The predicted molar refractivity (Wildman–Crippen MR) is 60.2 cm³/mol. The lowest BCUT2D eigenvalue weighted by Crippen LogP contribution is -1.89. The number of pyridine rings is 1. The molecule has 1 heterocycles. The average molecular weight is 252 g/mol. The third-order valence-corrected chi connectivity index (χ3v) is 2.50. The maximum atomic E-state index is 5.06. The molecule has 14 heavy (non-hydrogen) atoms. The summed E-state index contributed by atoms with van der Waals surface area (Å²) in [6.45, 7) is 0.607. The summed E-state index contributed by atoms with van der Waals surface area (Å²) in [6, 6.07) is 8.14. The molecule has 0 atom stereocenters. The highest BCUT2D eigenvalue weighted by Crippen LogP contribution is 2.19. The first-order valence-electron chi connectivity index (χ1n) is 4.33. The van der Waals surface area contributed by atoms with Crippen LogP contribution >= 0.6 is 15.9 Å². The Balaban J connectivity index is 2.52. The molecule has 0 aliphatic heterocycles. The first kappa shape index (κ1) is 9.62. The third kappa shape index (κ3) is 1.94. The van der Waals surface area contributed by atoms with E-state index in [9.17, 15) is 0 Å². The molecule has 1 aromatic heterocycles. The second kappa shape index (κ2) is 4.07. The number of hydrogen-bond acceptors (Lipinski definition) is 2. The van der Waals surface area contributed by atoms with Crippen LogP contribution < -0.4 is 0 Å². The molecule has 3 heteroatoms. The van der Waals surface area contributed by atoms with Gasteiger partial charge in [0.05, 0.1) is 12.1 Å². The van der Waals surface area contributed by atoms with Crippen molar-refractivity contribution in [2.24, 2.45) is 0 Å². The number of aromatic nitrogens is 1. The van der Waals surface area contributed by atoms with Crippen LogP contribution in [0.1, 0.15) is 5.56 Å². The summed E-state index contributed by atoms with van der Waals surface area (Å²) in [5, 5.41) is 1.13. The van der Waals surface area contributed by atoms with Gasteiger partial charge in [-0.15, -0.1) is 0 Å². The van der Waals surface area contributed by atoms with Gasteiger partial charge in [-0.3, -0.25) is 4.98 Å². The van der Waals surface area contributed by atoms with Crippen LogP contribution in [-0.4, -0.2) is 12.1 Å². The van der Waals surface area contributed by atoms with E-state index in [4.69, 9.17) is 4.74 Å². The van der Waals surface area contributed by atoms with Crippen molar-refractivity contribution in [3.05, 3.63) is 40.5 Å². The lowest BCUT2D eigenvalue weighted by molar-refractivity contribution is 0.185. The van der Waals surface area contributed by atoms with Crippen LogP contribution in [0.4, 0.5) is 0 Å². The SMILES string of the molecule is COCc1cnc2ccc(Br)cc2c1. The molecule has 0 N–H and O–H groups in total. The Morgan fingerprint density at radius 1 is 1.36 bits per heavy atom. The molecule has 2 rings (SSSR count). The average Bonchev–Trinajstić information content (AvgIpc) is 2.17. The van der Waals surface area contributed by atoms with E-state index < -0.39 is 0 Å². The topological polar surface area (TPSA) is 22.1 Å². The minimum absolute atomic E-state index is 0.607. The van der Waals surface area contributed by atoms with Crippen molar-refractivity contribution < 1.29 is 4.74 Å².